The molecule has 1 aromatic rings. The Bertz CT molecular complexity index is 432. The van der Waals surface area contributed by atoms with Gasteiger partial charge in [0, 0.05) is 11.9 Å². The number of hydrogen-bond acceptors (Lipinski definition) is 3. The molecule has 0 aliphatic carbocycles. The zero-order valence-electron chi connectivity index (χ0n) is 8.48. The molecule has 2 heterocycles. The summed E-state index contributed by atoms with van der Waals surface area (Å²) in [6.07, 6.45) is 1.87. The van der Waals surface area contributed by atoms with Crippen LogP contribution in [0.3, 0.4) is 0 Å². The first kappa shape index (κ1) is 12.3. The summed E-state index contributed by atoms with van der Waals surface area (Å²) in [4.78, 5) is 14.4. The second-order valence-corrected chi connectivity index (χ2v) is 6.98. The van der Waals surface area contributed by atoms with Crippen molar-refractivity contribution in [3.05, 3.63) is 19.9 Å². The van der Waals surface area contributed by atoms with Crippen LogP contribution in [0.5, 0.6) is 0 Å². The molecule has 1 aliphatic heterocycles. The molecular weight excluding hydrogens is 355 g/mol. The van der Waals surface area contributed by atoms with Crippen molar-refractivity contribution in [1.82, 2.24) is 4.90 Å². The fourth-order valence-corrected chi connectivity index (χ4v) is 3.46. The maximum atomic E-state index is 12.2. The molecule has 0 spiro atoms. The lowest BCUT2D eigenvalue weighted by Crippen LogP contribution is -2.42. The van der Waals surface area contributed by atoms with Gasteiger partial charge < -0.3 is 10.6 Å². The third kappa shape index (κ3) is 2.38. The number of amides is 1. The Hall–Kier alpha value is -0.210. The molecule has 86 valence electrons. The van der Waals surface area contributed by atoms with Gasteiger partial charge in [-0.25, -0.2) is 0 Å². The smallest absolute Gasteiger partial charge is 0.255 e. The van der Waals surface area contributed by atoms with E-state index in [4.69, 9.17) is 18.0 Å². The largest absolute Gasteiger partial charge is 0.392 e. The van der Waals surface area contributed by atoms with Gasteiger partial charge in [-0.1, -0.05) is 12.2 Å². The summed E-state index contributed by atoms with van der Waals surface area (Å²) in [5.41, 5.74) is 6.40. The highest BCUT2D eigenvalue weighted by atomic mass is 127. The van der Waals surface area contributed by atoms with Crippen LogP contribution in [-0.4, -0.2) is 28.4 Å². The lowest BCUT2D eigenvalue weighted by atomic mass is 10.2. The number of halogens is 1. The number of thiophene rings is 1. The van der Waals surface area contributed by atoms with E-state index in [1.54, 1.807) is 16.2 Å². The highest BCUT2D eigenvalue weighted by molar-refractivity contribution is 14.1. The third-order valence-corrected chi connectivity index (χ3v) is 4.72. The molecule has 1 atom stereocenters. The molecule has 1 unspecified atom stereocenters. The fraction of sp³-hybridized carbons (Fsp3) is 0.400. The number of nitrogens with zero attached hydrogens (tertiary/aromatic N) is 1. The van der Waals surface area contributed by atoms with E-state index in [2.05, 4.69) is 22.6 Å². The van der Waals surface area contributed by atoms with Crippen molar-refractivity contribution in [3.8, 4) is 0 Å². The molecule has 1 amide bonds. The van der Waals surface area contributed by atoms with Crippen molar-refractivity contribution < 1.29 is 4.79 Å². The summed E-state index contributed by atoms with van der Waals surface area (Å²) in [5.74, 6) is 0.0504. The van der Waals surface area contributed by atoms with Crippen molar-refractivity contribution in [1.29, 1.82) is 0 Å². The molecule has 2 N–H and O–H groups in total. The SMILES string of the molecule is NC(=S)C1CCCN1C(=O)c1csc(I)c1. The zero-order chi connectivity index (χ0) is 11.7. The number of thiocarbonyl (C=S) groups is 1. The molecule has 6 heteroatoms. The second-order valence-electron chi connectivity index (χ2n) is 3.70. The normalized spacial score (nSPS) is 20.1. The van der Waals surface area contributed by atoms with Crippen LogP contribution < -0.4 is 5.73 Å². The predicted octanol–water partition coefficient (Wildman–Crippen LogP) is 2.24. The second kappa shape index (κ2) is 4.97. The third-order valence-electron chi connectivity index (χ3n) is 2.66. The number of likely N-dealkylation sites (tertiary alicyclic amines) is 1. The summed E-state index contributed by atoms with van der Waals surface area (Å²) in [6.45, 7) is 0.757. The Kier molecular flexibility index (Phi) is 3.81. The van der Waals surface area contributed by atoms with E-state index in [9.17, 15) is 4.79 Å². The van der Waals surface area contributed by atoms with Gasteiger partial charge >= 0.3 is 0 Å². The van der Waals surface area contributed by atoms with Crippen LogP contribution in [0.25, 0.3) is 0 Å². The van der Waals surface area contributed by atoms with Crippen molar-refractivity contribution in [2.45, 2.75) is 18.9 Å². The maximum Gasteiger partial charge on any atom is 0.255 e. The molecule has 0 aromatic carbocycles. The maximum absolute atomic E-state index is 12.2. The van der Waals surface area contributed by atoms with Gasteiger partial charge in [-0.2, -0.15) is 0 Å². The molecule has 0 saturated carbocycles. The van der Waals surface area contributed by atoms with E-state index >= 15 is 0 Å². The molecule has 1 aromatic heterocycles. The molecule has 1 aliphatic rings. The van der Waals surface area contributed by atoms with E-state index in [1.807, 2.05) is 11.4 Å². The lowest BCUT2D eigenvalue weighted by Gasteiger charge is -2.23. The first-order valence-corrected chi connectivity index (χ1v) is 7.30. The molecule has 3 nitrogen and oxygen atoms in total. The van der Waals surface area contributed by atoms with E-state index in [0.717, 1.165) is 27.8 Å². The number of carbonyl (C=O) groups is 1. The standard InChI is InChI=1S/C10H11IN2OS2/c11-8-4-6(5-16-8)10(14)13-3-1-2-7(13)9(12)15/h4-5,7H,1-3H2,(H2,12,15). The van der Waals surface area contributed by atoms with E-state index < -0.39 is 0 Å². The summed E-state index contributed by atoms with van der Waals surface area (Å²) < 4.78 is 1.12. The summed E-state index contributed by atoms with van der Waals surface area (Å²) in [5, 5.41) is 1.89. The van der Waals surface area contributed by atoms with Crippen LogP contribution in [0.4, 0.5) is 0 Å². The van der Waals surface area contributed by atoms with Crippen molar-refractivity contribution in [2.75, 3.05) is 6.54 Å². The van der Waals surface area contributed by atoms with E-state index in [1.165, 1.54) is 0 Å². The van der Waals surface area contributed by atoms with Gasteiger partial charge in [-0.3, -0.25) is 4.79 Å². The quantitative estimate of drug-likeness (QED) is 0.645. The molecule has 1 saturated heterocycles. The highest BCUT2D eigenvalue weighted by Crippen LogP contribution is 2.23. The van der Waals surface area contributed by atoms with Gasteiger partial charge in [0.05, 0.1) is 19.5 Å². The Morgan fingerprint density at radius 1 is 1.69 bits per heavy atom. The Morgan fingerprint density at radius 2 is 2.44 bits per heavy atom. The minimum Gasteiger partial charge on any atom is -0.392 e. The number of hydrogen-bond donors (Lipinski definition) is 1. The number of rotatable bonds is 2. The Balaban J connectivity index is 2.18. The van der Waals surface area contributed by atoms with Gasteiger partial charge in [0.15, 0.2) is 0 Å². The van der Waals surface area contributed by atoms with Gasteiger partial charge in [-0.15, -0.1) is 11.3 Å². The highest BCUT2D eigenvalue weighted by Gasteiger charge is 2.31. The van der Waals surface area contributed by atoms with Gasteiger partial charge in [-0.05, 0) is 41.5 Å². The van der Waals surface area contributed by atoms with E-state index in [-0.39, 0.29) is 11.9 Å². The average molecular weight is 366 g/mol. The van der Waals surface area contributed by atoms with Crippen molar-refractivity contribution in [2.24, 2.45) is 5.73 Å². The van der Waals surface area contributed by atoms with Crippen LogP contribution in [0.15, 0.2) is 11.4 Å². The van der Waals surface area contributed by atoms with E-state index in [0.29, 0.717) is 4.99 Å². The summed E-state index contributed by atoms with van der Waals surface area (Å²) in [7, 11) is 0. The summed E-state index contributed by atoms with van der Waals surface area (Å²) >= 11 is 8.78. The van der Waals surface area contributed by atoms with Gasteiger partial charge in [0.25, 0.3) is 5.91 Å². The summed E-state index contributed by atoms with van der Waals surface area (Å²) in [6, 6.07) is 1.85. The zero-order valence-corrected chi connectivity index (χ0v) is 12.3. The van der Waals surface area contributed by atoms with Crippen LogP contribution in [0, 0.1) is 2.88 Å². The van der Waals surface area contributed by atoms with Crippen LogP contribution in [0.1, 0.15) is 23.2 Å². The van der Waals surface area contributed by atoms with Crippen LogP contribution >= 0.6 is 46.1 Å². The molecular formula is C10H11IN2OS2. The molecule has 0 radical (unpaired) electrons. The molecule has 1 fully saturated rings. The predicted molar refractivity (Wildman–Crippen MR) is 77.9 cm³/mol. The molecule has 2 rings (SSSR count). The minimum atomic E-state index is -0.0555. The fourth-order valence-electron chi connectivity index (χ4n) is 1.89. The first-order valence-electron chi connectivity index (χ1n) is 4.94. The van der Waals surface area contributed by atoms with Gasteiger partial charge in [0.1, 0.15) is 0 Å². The van der Waals surface area contributed by atoms with Crippen molar-refractivity contribution in [3.63, 3.8) is 0 Å². The molecule has 16 heavy (non-hydrogen) atoms. The Morgan fingerprint density at radius 3 is 3.00 bits per heavy atom. The minimum absolute atomic E-state index is 0.0504. The van der Waals surface area contributed by atoms with Crippen LogP contribution in [0.2, 0.25) is 0 Å². The van der Waals surface area contributed by atoms with Crippen molar-refractivity contribution >= 4 is 57.0 Å². The Labute approximate surface area is 117 Å². The monoisotopic (exact) mass is 366 g/mol. The molecule has 0 bridgehead atoms. The topological polar surface area (TPSA) is 46.3 Å². The van der Waals surface area contributed by atoms with Gasteiger partial charge in [0.2, 0.25) is 0 Å². The first-order chi connectivity index (χ1) is 7.59. The number of nitrogens with two attached hydrogens (primary N) is 1. The van der Waals surface area contributed by atoms with Crippen LogP contribution in [-0.2, 0) is 0 Å². The number of carbonyl (C=O) groups excluding carboxylic acids is 1. The average Bonchev–Trinajstić information content (AvgIpc) is 2.84. The lowest BCUT2D eigenvalue weighted by molar-refractivity contribution is 0.0771.